The van der Waals surface area contributed by atoms with Crippen molar-refractivity contribution >= 4 is 17.6 Å². The molecule has 23 heavy (non-hydrogen) atoms. The van der Waals surface area contributed by atoms with Gasteiger partial charge in [0.2, 0.25) is 0 Å². The van der Waals surface area contributed by atoms with Crippen molar-refractivity contribution in [3.05, 3.63) is 30.6 Å². The van der Waals surface area contributed by atoms with Gasteiger partial charge < -0.3 is 14.2 Å². The summed E-state index contributed by atoms with van der Waals surface area (Å²) in [5, 5.41) is 0. The van der Waals surface area contributed by atoms with E-state index in [4.69, 9.17) is 14.2 Å². The molecule has 1 fully saturated rings. The monoisotopic (exact) mass is 319 g/mol. The van der Waals surface area contributed by atoms with Crippen molar-refractivity contribution in [2.75, 3.05) is 32.1 Å². The number of esters is 2. The maximum absolute atomic E-state index is 11.9. The molecule has 1 spiro atoms. The Bertz CT molecular complexity index is 640. The van der Waals surface area contributed by atoms with E-state index in [1.807, 2.05) is 0 Å². The number of nitrogens with zero attached hydrogens (tertiary/aromatic N) is 3. The molecule has 8 nitrogen and oxygen atoms in total. The van der Waals surface area contributed by atoms with Crippen LogP contribution in [0, 0.1) is 0 Å². The number of ether oxygens (including phenoxy) is 3. The van der Waals surface area contributed by atoms with Crippen molar-refractivity contribution in [3.8, 4) is 5.75 Å². The fourth-order valence-electron chi connectivity index (χ4n) is 2.67. The summed E-state index contributed by atoms with van der Waals surface area (Å²) in [4.78, 5) is 31.3. The Kier molecular flexibility index (Phi) is 3.91. The van der Waals surface area contributed by atoms with Crippen LogP contribution in [0.3, 0.4) is 0 Å². The molecule has 2 aliphatic heterocycles. The average molecular weight is 319 g/mol. The van der Waals surface area contributed by atoms with Gasteiger partial charge in [-0.05, 0) is 13.5 Å². The highest BCUT2D eigenvalue weighted by Gasteiger charge is 2.52. The van der Waals surface area contributed by atoms with Crippen molar-refractivity contribution < 1.29 is 23.8 Å². The molecule has 0 radical (unpaired) electrons. The van der Waals surface area contributed by atoms with Gasteiger partial charge in [-0.15, -0.1) is 0 Å². The van der Waals surface area contributed by atoms with E-state index in [0.29, 0.717) is 24.5 Å². The third-order valence-corrected chi connectivity index (χ3v) is 3.77. The second-order valence-corrected chi connectivity index (χ2v) is 5.23. The second kappa shape index (κ2) is 5.88. The third kappa shape index (κ3) is 2.72. The SMILES string of the molecule is COc1cncc(N2CCCN(C)C23OC(=O)C=CC(=O)O3)c1. The number of hydrogen-bond acceptors (Lipinski definition) is 8. The molecule has 1 saturated heterocycles. The minimum Gasteiger partial charge on any atom is -0.495 e. The molecule has 0 unspecified atom stereocenters. The molecule has 3 rings (SSSR count). The summed E-state index contributed by atoms with van der Waals surface area (Å²) in [6.45, 7) is 1.13. The molecule has 122 valence electrons. The zero-order valence-electron chi connectivity index (χ0n) is 12.9. The Hall–Kier alpha value is -2.61. The number of anilines is 1. The van der Waals surface area contributed by atoms with Gasteiger partial charge in [-0.2, -0.15) is 0 Å². The van der Waals surface area contributed by atoms with Gasteiger partial charge in [-0.1, -0.05) is 0 Å². The smallest absolute Gasteiger partial charge is 0.415 e. The summed E-state index contributed by atoms with van der Waals surface area (Å²) in [7, 11) is 3.26. The fraction of sp³-hybridized carbons (Fsp3) is 0.400. The predicted molar refractivity (Wildman–Crippen MR) is 79.4 cm³/mol. The Morgan fingerprint density at radius 2 is 1.87 bits per heavy atom. The lowest BCUT2D eigenvalue weighted by Crippen LogP contribution is -2.67. The maximum Gasteiger partial charge on any atom is 0.415 e. The summed E-state index contributed by atoms with van der Waals surface area (Å²) < 4.78 is 16.1. The molecule has 0 amide bonds. The molecular weight excluding hydrogens is 302 g/mol. The quantitative estimate of drug-likeness (QED) is 0.729. The lowest BCUT2D eigenvalue weighted by molar-refractivity contribution is -0.282. The van der Waals surface area contributed by atoms with Crippen LogP contribution in [0.4, 0.5) is 5.69 Å². The number of methoxy groups -OCH3 is 1. The highest BCUT2D eigenvalue weighted by Crippen LogP contribution is 2.35. The number of rotatable bonds is 2. The Morgan fingerprint density at radius 3 is 2.52 bits per heavy atom. The molecule has 1 aromatic rings. The minimum atomic E-state index is -1.63. The molecule has 3 heterocycles. The van der Waals surface area contributed by atoms with Gasteiger partial charge in [-0.25, -0.2) is 14.5 Å². The summed E-state index contributed by atoms with van der Waals surface area (Å²) in [6.07, 6.45) is 6.08. The van der Waals surface area contributed by atoms with Gasteiger partial charge in [0, 0.05) is 31.3 Å². The molecule has 0 aliphatic carbocycles. The van der Waals surface area contributed by atoms with Crippen LogP contribution >= 0.6 is 0 Å². The van der Waals surface area contributed by atoms with E-state index in [2.05, 4.69) is 4.98 Å². The summed E-state index contributed by atoms with van der Waals surface area (Å²) in [5.41, 5.74) is 0.624. The number of pyridine rings is 1. The molecule has 2 aliphatic rings. The van der Waals surface area contributed by atoms with Crippen LogP contribution in [0.15, 0.2) is 30.6 Å². The van der Waals surface area contributed by atoms with Gasteiger partial charge in [0.1, 0.15) is 5.75 Å². The molecule has 1 aromatic heterocycles. The largest absolute Gasteiger partial charge is 0.495 e. The molecule has 8 heteroatoms. The number of hydrogen-bond donors (Lipinski definition) is 0. The van der Waals surface area contributed by atoms with Gasteiger partial charge in [0.05, 0.1) is 25.2 Å². The summed E-state index contributed by atoms with van der Waals surface area (Å²) >= 11 is 0. The predicted octanol–water partition coefficient (Wildman–Crippen LogP) is 0.500. The number of carbonyl (C=O) groups excluding carboxylic acids is 2. The number of carbonyl (C=O) groups is 2. The maximum atomic E-state index is 11.9. The van der Waals surface area contributed by atoms with Crippen LogP contribution in [-0.4, -0.2) is 55.1 Å². The second-order valence-electron chi connectivity index (χ2n) is 5.23. The first-order valence-electron chi connectivity index (χ1n) is 7.17. The molecule has 0 N–H and O–H groups in total. The highest BCUT2D eigenvalue weighted by molar-refractivity contribution is 5.93. The van der Waals surface area contributed by atoms with Crippen molar-refractivity contribution in [2.45, 2.75) is 12.5 Å². The van der Waals surface area contributed by atoms with Crippen LogP contribution in [0.2, 0.25) is 0 Å². The molecule has 0 bridgehead atoms. The highest BCUT2D eigenvalue weighted by atomic mass is 16.8. The standard InChI is InChI=1S/C15H17N3O5/c1-17-6-3-7-18(11-8-12(21-2)10-16-9-11)15(17)22-13(19)4-5-14(20)23-15/h4-5,8-10H,3,6-7H2,1-2H3. The normalized spacial score (nSPS) is 20.9. The molecular formula is C15H17N3O5. The Labute approximate surface area is 133 Å². The van der Waals surface area contributed by atoms with E-state index in [-0.39, 0.29) is 0 Å². The first-order chi connectivity index (χ1) is 11.0. The van der Waals surface area contributed by atoms with Gasteiger partial charge >= 0.3 is 18.0 Å². The zero-order valence-corrected chi connectivity index (χ0v) is 12.9. The fourth-order valence-corrected chi connectivity index (χ4v) is 2.67. The van der Waals surface area contributed by atoms with E-state index in [9.17, 15) is 9.59 Å². The lowest BCUT2D eigenvalue weighted by atomic mass is 10.2. The van der Waals surface area contributed by atoms with Crippen molar-refractivity contribution in [2.24, 2.45) is 0 Å². The van der Waals surface area contributed by atoms with E-state index in [1.165, 1.54) is 7.11 Å². The Morgan fingerprint density at radius 1 is 1.17 bits per heavy atom. The van der Waals surface area contributed by atoms with Crippen molar-refractivity contribution in [3.63, 3.8) is 0 Å². The van der Waals surface area contributed by atoms with E-state index >= 15 is 0 Å². The van der Waals surface area contributed by atoms with E-state index in [0.717, 1.165) is 18.6 Å². The van der Waals surface area contributed by atoms with Gasteiger partial charge in [0.15, 0.2) is 0 Å². The molecule has 0 aromatic carbocycles. The molecule has 0 saturated carbocycles. The van der Waals surface area contributed by atoms with Crippen molar-refractivity contribution in [1.29, 1.82) is 0 Å². The summed E-state index contributed by atoms with van der Waals surface area (Å²) in [6, 6.07) is 0.109. The van der Waals surface area contributed by atoms with Crippen LogP contribution in [0.5, 0.6) is 5.75 Å². The van der Waals surface area contributed by atoms with Crippen LogP contribution < -0.4 is 9.64 Å². The minimum absolute atomic E-state index is 0.528. The van der Waals surface area contributed by atoms with Crippen LogP contribution in [-0.2, 0) is 19.1 Å². The van der Waals surface area contributed by atoms with E-state index < -0.39 is 18.0 Å². The summed E-state index contributed by atoms with van der Waals surface area (Å²) in [5.74, 6) is -0.744. The topological polar surface area (TPSA) is 81.2 Å². The van der Waals surface area contributed by atoms with E-state index in [1.54, 1.807) is 35.3 Å². The Balaban J connectivity index is 2.05. The third-order valence-electron chi connectivity index (χ3n) is 3.77. The first kappa shape index (κ1) is 15.3. The van der Waals surface area contributed by atoms with Gasteiger partial charge in [0.25, 0.3) is 0 Å². The average Bonchev–Trinajstić information content (AvgIpc) is 2.69. The van der Waals surface area contributed by atoms with Crippen LogP contribution in [0.1, 0.15) is 6.42 Å². The first-order valence-corrected chi connectivity index (χ1v) is 7.17. The van der Waals surface area contributed by atoms with Crippen molar-refractivity contribution in [1.82, 2.24) is 9.88 Å². The van der Waals surface area contributed by atoms with Gasteiger partial charge in [-0.3, -0.25) is 9.88 Å². The van der Waals surface area contributed by atoms with Crippen LogP contribution in [0.25, 0.3) is 0 Å². The lowest BCUT2D eigenvalue weighted by Gasteiger charge is -2.48. The number of aromatic nitrogens is 1. The zero-order chi connectivity index (χ0) is 16.4. The molecule has 0 atom stereocenters.